The smallest absolute Gasteiger partial charge is 0.123 e. The highest BCUT2D eigenvalue weighted by Gasteiger charge is 2.19. The highest BCUT2D eigenvalue weighted by Crippen LogP contribution is 2.32. The number of benzene rings is 1. The van der Waals surface area contributed by atoms with Gasteiger partial charge in [0.1, 0.15) is 5.75 Å². The molecule has 0 heterocycles. The van der Waals surface area contributed by atoms with Gasteiger partial charge in [-0.3, -0.25) is 0 Å². The standard InChI is InChI=1S/C14H22BrNO/c1-5-8-16-14(10(2)3)12-9-11(15)6-7-13(12)17-4/h6-7,9-10,14,16H,5,8H2,1-4H3. The minimum absolute atomic E-state index is 0.336. The molecule has 3 heteroatoms. The summed E-state index contributed by atoms with van der Waals surface area (Å²) in [5, 5.41) is 3.59. The molecule has 0 fully saturated rings. The highest BCUT2D eigenvalue weighted by atomic mass is 79.9. The maximum Gasteiger partial charge on any atom is 0.123 e. The van der Waals surface area contributed by atoms with Crippen molar-refractivity contribution >= 4 is 15.9 Å². The third-order valence-corrected chi connectivity index (χ3v) is 3.30. The molecule has 96 valence electrons. The molecule has 2 nitrogen and oxygen atoms in total. The van der Waals surface area contributed by atoms with Gasteiger partial charge in [-0.15, -0.1) is 0 Å². The molecule has 0 radical (unpaired) electrons. The molecule has 0 saturated heterocycles. The van der Waals surface area contributed by atoms with Crippen molar-refractivity contribution in [3.05, 3.63) is 28.2 Å². The molecule has 1 aromatic rings. The predicted octanol–water partition coefficient (Wildman–Crippen LogP) is 4.15. The van der Waals surface area contributed by atoms with Gasteiger partial charge in [-0.25, -0.2) is 0 Å². The summed E-state index contributed by atoms with van der Waals surface area (Å²) in [5.74, 6) is 1.49. The van der Waals surface area contributed by atoms with Crippen molar-refractivity contribution < 1.29 is 4.74 Å². The zero-order chi connectivity index (χ0) is 12.8. The van der Waals surface area contributed by atoms with E-state index < -0.39 is 0 Å². The molecule has 0 aromatic heterocycles. The molecule has 1 N–H and O–H groups in total. The van der Waals surface area contributed by atoms with E-state index in [1.165, 1.54) is 5.56 Å². The number of methoxy groups -OCH3 is 1. The van der Waals surface area contributed by atoms with E-state index in [9.17, 15) is 0 Å². The molecule has 1 aromatic carbocycles. The van der Waals surface area contributed by atoms with Gasteiger partial charge in [0.15, 0.2) is 0 Å². The fourth-order valence-corrected chi connectivity index (χ4v) is 2.33. The summed E-state index contributed by atoms with van der Waals surface area (Å²) in [5.41, 5.74) is 1.23. The van der Waals surface area contributed by atoms with Gasteiger partial charge in [-0.1, -0.05) is 36.7 Å². The van der Waals surface area contributed by atoms with Crippen LogP contribution in [0.15, 0.2) is 22.7 Å². The lowest BCUT2D eigenvalue weighted by atomic mass is 9.95. The maximum absolute atomic E-state index is 5.45. The van der Waals surface area contributed by atoms with Crippen molar-refractivity contribution in [2.75, 3.05) is 13.7 Å². The van der Waals surface area contributed by atoms with Crippen LogP contribution in [0.3, 0.4) is 0 Å². The zero-order valence-corrected chi connectivity index (χ0v) is 12.7. The number of ether oxygens (including phenoxy) is 1. The lowest BCUT2D eigenvalue weighted by Gasteiger charge is -2.24. The summed E-state index contributed by atoms with van der Waals surface area (Å²) >= 11 is 3.53. The molecule has 1 rings (SSSR count). The molecular weight excluding hydrogens is 278 g/mol. The molecule has 17 heavy (non-hydrogen) atoms. The van der Waals surface area contributed by atoms with Gasteiger partial charge < -0.3 is 10.1 Å². The summed E-state index contributed by atoms with van der Waals surface area (Å²) in [6.07, 6.45) is 1.14. The molecular formula is C14H22BrNO. The van der Waals surface area contributed by atoms with Crippen LogP contribution in [0.2, 0.25) is 0 Å². The van der Waals surface area contributed by atoms with Crippen molar-refractivity contribution in [1.82, 2.24) is 5.32 Å². The van der Waals surface area contributed by atoms with Crippen molar-refractivity contribution in [2.24, 2.45) is 5.92 Å². The quantitative estimate of drug-likeness (QED) is 0.852. The van der Waals surface area contributed by atoms with Gasteiger partial charge in [0.25, 0.3) is 0 Å². The second-order valence-corrected chi connectivity index (χ2v) is 5.48. The molecule has 1 atom stereocenters. The summed E-state index contributed by atoms with van der Waals surface area (Å²) in [6.45, 7) is 7.67. The molecule has 0 saturated carbocycles. The summed E-state index contributed by atoms with van der Waals surface area (Å²) in [6, 6.07) is 6.51. The fourth-order valence-electron chi connectivity index (χ4n) is 1.95. The molecule has 0 aliphatic carbocycles. The van der Waals surface area contributed by atoms with E-state index in [0.29, 0.717) is 12.0 Å². The Morgan fingerprint density at radius 3 is 2.59 bits per heavy atom. The van der Waals surface area contributed by atoms with Crippen LogP contribution < -0.4 is 10.1 Å². The topological polar surface area (TPSA) is 21.3 Å². The van der Waals surface area contributed by atoms with Crippen molar-refractivity contribution in [1.29, 1.82) is 0 Å². The van der Waals surface area contributed by atoms with Crippen LogP contribution in [0.1, 0.15) is 38.8 Å². The van der Waals surface area contributed by atoms with Crippen LogP contribution >= 0.6 is 15.9 Å². The van der Waals surface area contributed by atoms with Crippen LogP contribution in [0.5, 0.6) is 5.75 Å². The summed E-state index contributed by atoms with van der Waals surface area (Å²) in [7, 11) is 1.73. The van der Waals surface area contributed by atoms with Crippen LogP contribution in [0.4, 0.5) is 0 Å². The minimum atomic E-state index is 0.336. The zero-order valence-electron chi connectivity index (χ0n) is 11.1. The molecule has 0 bridgehead atoms. The van der Waals surface area contributed by atoms with E-state index >= 15 is 0 Å². The van der Waals surface area contributed by atoms with Gasteiger partial charge in [-0.2, -0.15) is 0 Å². The van der Waals surface area contributed by atoms with Gasteiger partial charge in [-0.05, 0) is 37.1 Å². The number of nitrogens with one attached hydrogen (secondary N) is 1. The van der Waals surface area contributed by atoms with E-state index in [-0.39, 0.29) is 0 Å². The van der Waals surface area contributed by atoms with E-state index in [2.05, 4.69) is 48.1 Å². The first-order chi connectivity index (χ1) is 8.10. The Bertz CT molecular complexity index is 352. The van der Waals surface area contributed by atoms with E-state index in [0.717, 1.165) is 23.2 Å². The monoisotopic (exact) mass is 299 g/mol. The SMILES string of the molecule is CCCNC(c1cc(Br)ccc1OC)C(C)C. The Hall–Kier alpha value is -0.540. The Kier molecular flexibility index (Phi) is 6.00. The van der Waals surface area contributed by atoms with Gasteiger partial charge in [0.2, 0.25) is 0 Å². The maximum atomic E-state index is 5.45. The van der Waals surface area contributed by atoms with Crippen molar-refractivity contribution in [3.63, 3.8) is 0 Å². The second kappa shape index (κ2) is 7.02. The van der Waals surface area contributed by atoms with Crippen LogP contribution in [-0.4, -0.2) is 13.7 Å². The molecule has 0 spiro atoms. The van der Waals surface area contributed by atoms with Crippen molar-refractivity contribution in [2.45, 2.75) is 33.2 Å². The summed E-state index contributed by atoms with van der Waals surface area (Å²) < 4.78 is 6.55. The number of hydrogen-bond acceptors (Lipinski definition) is 2. The Labute approximate surface area is 113 Å². The van der Waals surface area contributed by atoms with Crippen LogP contribution in [0, 0.1) is 5.92 Å². The molecule has 0 aliphatic rings. The molecule has 0 amide bonds. The van der Waals surface area contributed by atoms with Gasteiger partial charge in [0, 0.05) is 16.1 Å². The lowest BCUT2D eigenvalue weighted by Crippen LogP contribution is -2.26. The van der Waals surface area contributed by atoms with E-state index in [4.69, 9.17) is 4.74 Å². The normalized spacial score (nSPS) is 12.8. The summed E-state index contributed by atoms with van der Waals surface area (Å²) in [4.78, 5) is 0. The number of rotatable bonds is 6. The predicted molar refractivity (Wildman–Crippen MR) is 76.6 cm³/mol. The molecule has 1 unspecified atom stereocenters. The highest BCUT2D eigenvalue weighted by molar-refractivity contribution is 9.10. The van der Waals surface area contributed by atoms with Gasteiger partial charge in [0.05, 0.1) is 7.11 Å². The first-order valence-corrected chi connectivity index (χ1v) is 6.96. The molecule has 0 aliphatic heterocycles. The van der Waals surface area contributed by atoms with Crippen LogP contribution in [0.25, 0.3) is 0 Å². The first-order valence-electron chi connectivity index (χ1n) is 6.17. The first kappa shape index (κ1) is 14.5. The van der Waals surface area contributed by atoms with Crippen molar-refractivity contribution in [3.8, 4) is 5.75 Å². The Morgan fingerprint density at radius 1 is 1.35 bits per heavy atom. The third-order valence-electron chi connectivity index (χ3n) is 2.81. The lowest BCUT2D eigenvalue weighted by molar-refractivity contribution is 0.370. The van der Waals surface area contributed by atoms with Gasteiger partial charge >= 0.3 is 0 Å². The van der Waals surface area contributed by atoms with E-state index in [1.807, 2.05) is 12.1 Å². The number of halogens is 1. The Morgan fingerprint density at radius 2 is 2.06 bits per heavy atom. The number of hydrogen-bond donors (Lipinski definition) is 1. The largest absolute Gasteiger partial charge is 0.496 e. The van der Waals surface area contributed by atoms with Crippen LogP contribution in [-0.2, 0) is 0 Å². The Balaban J connectivity index is 3.02. The minimum Gasteiger partial charge on any atom is -0.496 e. The average molecular weight is 300 g/mol. The van der Waals surface area contributed by atoms with E-state index in [1.54, 1.807) is 7.11 Å². The average Bonchev–Trinajstić information content (AvgIpc) is 2.29. The fraction of sp³-hybridized carbons (Fsp3) is 0.571. The third kappa shape index (κ3) is 4.00. The second-order valence-electron chi connectivity index (χ2n) is 4.56.